The summed E-state index contributed by atoms with van der Waals surface area (Å²) in [4.78, 5) is 54.7. The Balaban J connectivity index is -0.000000524. The van der Waals surface area contributed by atoms with Crippen molar-refractivity contribution >= 4 is 35.8 Å². The summed E-state index contributed by atoms with van der Waals surface area (Å²) in [7, 11) is 0. The quantitative estimate of drug-likeness (QED) is 0.0407. The fraction of sp³-hybridized carbons (Fsp3) is 0.625. The molecule has 0 bridgehead atoms. The minimum atomic E-state index is -1.00. The lowest BCUT2D eigenvalue weighted by Gasteiger charge is -2.03. The van der Waals surface area contributed by atoms with E-state index in [1.807, 2.05) is 0 Å². The Bertz CT molecular complexity index is 961. The summed E-state index contributed by atoms with van der Waals surface area (Å²) in [5.41, 5.74) is 47.1. The molecule has 23 N–H and O–H groups in total. The molecule has 1 rings (SSSR count). The smallest absolute Gasteiger partial charge is 0.320 e. The van der Waals surface area contributed by atoms with Gasteiger partial charge in [0.1, 0.15) is 24.2 Å². The van der Waals surface area contributed by atoms with Crippen molar-refractivity contribution in [1.82, 2.24) is 9.97 Å². The lowest BCUT2D eigenvalue weighted by molar-refractivity contribution is -0.139. The van der Waals surface area contributed by atoms with Gasteiger partial charge in [-0.25, -0.2) is 4.98 Å². The summed E-state index contributed by atoms with van der Waals surface area (Å²) in [6.07, 6.45) is 7.41. The van der Waals surface area contributed by atoms with Crippen LogP contribution in [0.25, 0.3) is 0 Å². The third-order valence-corrected chi connectivity index (χ3v) is 5.17. The van der Waals surface area contributed by atoms with Gasteiger partial charge in [-0.1, -0.05) is 6.42 Å². The number of carboxylic acids is 4. The monoisotopic (exact) mass is 649 g/mol. The number of carboxylic acid groups (broad SMARTS) is 4. The Labute approximate surface area is 260 Å². The topological polar surface area (TPSA) is 437 Å². The molecule has 1 aromatic heterocycles. The second-order valence-corrected chi connectivity index (χ2v) is 9.24. The number of unbranched alkanes of at least 4 members (excludes halogenated alkanes) is 1. The molecule has 0 saturated heterocycles. The average molecular weight is 650 g/mol. The number of imidazole rings is 1. The standard InChI is InChI=1S/2C6H14N4O2.C6H9N3O2.C6H14N2O2/c2*7-4(5(11)12)2-1-3-10-6(8)9;7-5(6(10)11)1-4-2-8-3-9-4;7-4-2-1-3-5(8)6(9)10/h2*4H,1-3,7H2,(H,11,12)(H4,8,9,10);2-3,5H,1,7H2,(H,8,9)(H,10,11);5H,1-4,7-8H2,(H,9,10). The number of nitrogens with two attached hydrogens (primary N) is 9. The fourth-order valence-electron chi connectivity index (χ4n) is 2.64. The molecular formula is C24H51N13O8. The van der Waals surface area contributed by atoms with Crippen LogP contribution in [-0.4, -0.2) is 110 Å². The molecule has 0 aliphatic carbocycles. The van der Waals surface area contributed by atoms with E-state index in [4.69, 9.17) is 72.0 Å². The number of guanidine groups is 2. The minimum Gasteiger partial charge on any atom is -0.480 e. The first-order valence-electron chi connectivity index (χ1n) is 13.7. The van der Waals surface area contributed by atoms with Gasteiger partial charge in [-0.15, -0.1) is 0 Å². The highest BCUT2D eigenvalue weighted by Gasteiger charge is 2.12. The van der Waals surface area contributed by atoms with Crippen LogP contribution in [0.4, 0.5) is 0 Å². The molecule has 45 heavy (non-hydrogen) atoms. The molecule has 0 amide bonds. The number of hydrogen-bond acceptors (Lipinski definition) is 12. The van der Waals surface area contributed by atoms with Crippen LogP contribution in [0.1, 0.15) is 50.6 Å². The molecule has 1 aromatic rings. The third kappa shape index (κ3) is 32.2. The van der Waals surface area contributed by atoms with Crippen molar-refractivity contribution in [2.75, 3.05) is 19.6 Å². The Morgan fingerprint density at radius 1 is 0.667 bits per heavy atom. The fourth-order valence-corrected chi connectivity index (χ4v) is 2.64. The number of nitrogens with one attached hydrogen (secondary N) is 1. The van der Waals surface area contributed by atoms with Gasteiger partial charge in [-0.2, -0.15) is 0 Å². The van der Waals surface area contributed by atoms with Gasteiger partial charge in [0.25, 0.3) is 0 Å². The zero-order chi connectivity index (χ0) is 35.4. The van der Waals surface area contributed by atoms with Crippen LogP contribution >= 0.6 is 0 Å². The molecule has 0 saturated carbocycles. The minimum absolute atomic E-state index is 0.0129. The zero-order valence-electron chi connectivity index (χ0n) is 25.2. The number of aromatic amines is 1. The van der Waals surface area contributed by atoms with E-state index in [0.717, 1.165) is 18.5 Å². The van der Waals surface area contributed by atoms with Gasteiger partial charge < -0.3 is 77.0 Å². The van der Waals surface area contributed by atoms with Gasteiger partial charge in [0.2, 0.25) is 0 Å². The molecule has 21 nitrogen and oxygen atoms in total. The van der Waals surface area contributed by atoms with Gasteiger partial charge in [0.15, 0.2) is 11.9 Å². The van der Waals surface area contributed by atoms with E-state index in [-0.39, 0.29) is 18.3 Å². The zero-order valence-corrected chi connectivity index (χ0v) is 25.2. The van der Waals surface area contributed by atoms with Crippen LogP contribution in [0.3, 0.4) is 0 Å². The van der Waals surface area contributed by atoms with Crippen LogP contribution in [-0.2, 0) is 25.6 Å². The highest BCUT2D eigenvalue weighted by molar-refractivity contribution is 5.76. The lowest BCUT2D eigenvalue weighted by atomic mass is 10.1. The summed E-state index contributed by atoms with van der Waals surface area (Å²) in [6, 6.07) is -3.21. The lowest BCUT2D eigenvalue weighted by Crippen LogP contribution is -2.32. The number of carbonyl (C=O) groups is 4. The van der Waals surface area contributed by atoms with Gasteiger partial charge in [-0.3, -0.25) is 29.2 Å². The number of nitrogens with zero attached hydrogens (tertiary/aromatic N) is 3. The van der Waals surface area contributed by atoms with E-state index in [9.17, 15) is 19.2 Å². The van der Waals surface area contributed by atoms with E-state index >= 15 is 0 Å². The van der Waals surface area contributed by atoms with E-state index in [1.54, 1.807) is 6.20 Å². The van der Waals surface area contributed by atoms with E-state index in [1.165, 1.54) is 6.33 Å². The van der Waals surface area contributed by atoms with Crippen molar-refractivity contribution in [3.8, 4) is 0 Å². The summed E-state index contributed by atoms with van der Waals surface area (Å²) < 4.78 is 0. The molecule has 260 valence electrons. The largest absolute Gasteiger partial charge is 0.480 e. The maximum Gasteiger partial charge on any atom is 0.320 e. The first-order chi connectivity index (χ1) is 21.0. The molecule has 0 fully saturated rings. The maximum atomic E-state index is 10.3. The summed E-state index contributed by atoms with van der Waals surface area (Å²) in [6.45, 7) is 1.44. The molecule has 0 aliphatic rings. The molecule has 0 radical (unpaired) electrons. The summed E-state index contributed by atoms with van der Waals surface area (Å²) in [5.74, 6) is -3.91. The maximum absolute atomic E-state index is 10.3. The van der Waals surface area contributed by atoms with Gasteiger partial charge >= 0.3 is 23.9 Å². The summed E-state index contributed by atoms with van der Waals surface area (Å²) in [5, 5.41) is 33.5. The predicted octanol–water partition coefficient (Wildman–Crippen LogP) is -4.20. The van der Waals surface area contributed by atoms with Crippen LogP contribution in [0.15, 0.2) is 22.5 Å². The van der Waals surface area contributed by atoms with Crippen LogP contribution in [0.5, 0.6) is 0 Å². The van der Waals surface area contributed by atoms with Gasteiger partial charge in [0.05, 0.1) is 6.33 Å². The molecular weight excluding hydrogens is 598 g/mol. The first-order valence-corrected chi connectivity index (χ1v) is 13.7. The van der Waals surface area contributed by atoms with E-state index in [0.29, 0.717) is 51.7 Å². The van der Waals surface area contributed by atoms with Crippen molar-refractivity contribution in [3.05, 3.63) is 18.2 Å². The van der Waals surface area contributed by atoms with Gasteiger partial charge in [-0.05, 0) is 45.1 Å². The first kappa shape index (κ1) is 44.9. The van der Waals surface area contributed by atoms with Crippen molar-refractivity contribution in [2.45, 2.75) is 75.5 Å². The van der Waals surface area contributed by atoms with Crippen LogP contribution in [0, 0.1) is 0 Å². The van der Waals surface area contributed by atoms with E-state index in [2.05, 4.69) is 20.0 Å². The van der Waals surface area contributed by atoms with Crippen LogP contribution < -0.4 is 51.6 Å². The van der Waals surface area contributed by atoms with Crippen molar-refractivity contribution in [3.63, 3.8) is 0 Å². The highest BCUT2D eigenvalue weighted by Crippen LogP contribution is 1.98. The number of aromatic nitrogens is 2. The Hall–Kier alpha value is -4.57. The van der Waals surface area contributed by atoms with Crippen molar-refractivity contribution < 1.29 is 39.6 Å². The molecule has 4 unspecified atom stereocenters. The van der Waals surface area contributed by atoms with E-state index < -0.39 is 48.0 Å². The number of H-pyrrole nitrogens is 1. The third-order valence-electron chi connectivity index (χ3n) is 5.17. The molecule has 0 aromatic carbocycles. The Kier molecular flexibility index (Phi) is 28.1. The second-order valence-electron chi connectivity index (χ2n) is 9.24. The number of aliphatic carboxylic acids is 4. The molecule has 1 heterocycles. The molecule has 0 aliphatic heterocycles. The van der Waals surface area contributed by atoms with Gasteiger partial charge in [0, 0.05) is 31.4 Å². The molecule has 4 atom stereocenters. The Morgan fingerprint density at radius 2 is 1.04 bits per heavy atom. The SMILES string of the molecule is NC(Cc1cnc[nH]1)C(=O)O.NC(N)=NCCCC(N)C(=O)O.NC(N)=NCCCC(N)C(=O)O.NCCCCC(N)C(=O)O. The van der Waals surface area contributed by atoms with Crippen molar-refractivity contribution in [1.29, 1.82) is 0 Å². The molecule has 0 spiro atoms. The number of aliphatic imine (C=N–C) groups is 2. The number of hydrogen-bond donors (Lipinski definition) is 14. The second kappa shape index (κ2) is 28.2. The Morgan fingerprint density at radius 3 is 1.33 bits per heavy atom. The molecule has 21 heteroatoms. The summed E-state index contributed by atoms with van der Waals surface area (Å²) >= 11 is 0. The van der Waals surface area contributed by atoms with Crippen LogP contribution in [0.2, 0.25) is 0 Å². The average Bonchev–Trinajstić information content (AvgIpc) is 3.47. The normalized spacial score (nSPS) is 12.5. The highest BCUT2D eigenvalue weighted by atomic mass is 16.4. The predicted molar refractivity (Wildman–Crippen MR) is 167 cm³/mol. The van der Waals surface area contributed by atoms with Crippen molar-refractivity contribution in [2.24, 2.45) is 61.6 Å². The number of rotatable bonds is 18.